The van der Waals surface area contributed by atoms with E-state index in [1.54, 1.807) is 13.8 Å². The second kappa shape index (κ2) is 13.3. The van der Waals surface area contributed by atoms with Crippen molar-refractivity contribution >= 4 is 28.9 Å². The average molecular weight is 578 g/mol. The lowest BCUT2D eigenvalue weighted by Crippen LogP contribution is -2.54. The van der Waals surface area contributed by atoms with Crippen LogP contribution in [0.5, 0.6) is 0 Å². The molecule has 1 aliphatic carbocycles. The van der Waals surface area contributed by atoms with Gasteiger partial charge in [0, 0.05) is 23.4 Å². The molecule has 2 atom stereocenters. The minimum Gasteiger partial charge on any atom is -0.460 e. The molecule has 4 aromatic rings. The smallest absolute Gasteiger partial charge is 0.407 e. The summed E-state index contributed by atoms with van der Waals surface area (Å²) in [6.07, 6.45) is 0.815. The number of esters is 1. The predicted octanol–water partition coefficient (Wildman–Crippen LogP) is 5.55. The molecular weight excluding hydrogens is 542 g/mol. The van der Waals surface area contributed by atoms with Gasteiger partial charge in [-0.05, 0) is 40.3 Å². The number of nitrogens with one attached hydrogen (secondary N) is 2. The van der Waals surface area contributed by atoms with E-state index in [4.69, 9.17) is 9.47 Å². The number of rotatable bonds is 11. The van der Waals surface area contributed by atoms with Crippen LogP contribution < -0.4 is 10.6 Å². The predicted molar refractivity (Wildman–Crippen MR) is 165 cm³/mol. The first-order valence-electron chi connectivity index (χ1n) is 14.4. The van der Waals surface area contributed by atoms with Gasteiger partial charge < -0.3 is 20.1 Å². The van der Waals surface area contributed by atoms with Gasteiger partial charge in [-0.3, -0.25) is 9.78 Å². The molecule has 2 N–H and O–H groups in total. The average Bonchev–Trinajstić information content (AvgIpc) is 3.34. The van der Waals surface area contributed by atoms with Crippen LogP contribution in [0.15, 0.2) is 97.6 Å². The van der Waals surface area contributed by atoms with E-state index in [0.717, 1.165) is 33.2 Å². The normalized spacial score (nSPS) is 13.5. The molecule has 0 fully saturated rings. The van der Waals surface area contributed by atoms with Crippen molar-refractivity contribution in [2.24, 2.45) is 5.92 Å². The van der Waals surface area contributed by atoms with Gasteiger partial charge >= 0.3 is 12.1 Å². The van der Waals surface area contributed by atoms with Crippen LogP contribution >= 0.6 is 0 Å². The van der Waals surface area contributed by atoms with Gasteiger partial charge in [0.1, 0.15) is 25.3 Å². The number of fused-ring (bicyclic) bond motifs is 4. The van der Waals surface area contributed by atoms with E-state index in [9.17, 15) is 14.4 Å². The third-order valence-corrected chi connectivity index (χ3v) is 7.58. The van der Waals surface area contributed by atoms with Crippen LogP contribution in [0.3, 0.4) is 0 Å². The molecule has 0 spiro atoms. The number of carbonyl (C=O) groups is 3. The fraction of sp³-hybridized carbons (Fsp3) is 0.257. The van der Waals surface area contributed by atoms with Crippen molar-refractivity contribution in [1.29, 1.82) is 0 Å². The van der Waals surface area contributed by atoms with Gasteiger partial charge in [0.15, 0.2) is 0 Å². The van der Waals surface area contributed by atoms with Crippen LogP contribution in [0.1, 0.15) is 36.6 Å². The highest BCUT2D eigenvalue weighted by Crippen LogP contribution is 2.44. The number of nitrogens with zero attached hydrogens (tertiary/aromatic N) is 1. The summed E-state index contributed by atoms with van der Waals surface area (Å²) >= 11 is 0. The first-order chi connectivity index (χ1) is 20.9. The molecule has 0 bridgehead atoms. The second-order valence-corrected chi connectivity index (χ2v) is 10.9. The quantitative estimate of drug-likeness (QED) is 0.179. The Labute approximate surface area is 251 Å². The Kier molecular flexibility index (Phi) is 9.15. The van der Waals surface area contributed by atoms with Crippen molar-refractivity contribution < 1.29 is 23.9 Å². The SMILES string of the molecule is C=CCOC(=O)[C@@H](NC(=O)[C@H](Cc1ccc2ccccc2n1)NC(=O)OCC1c2ccccc2-c2ccccc21)C(C)C. The Hall–Kier alpha value is -4.98. The number of hydrogen-bond acceptors (Lipinski definition) is 6. The number of aromatic nitrogens is 1. The summed E-state index contributed by atoms with van der Waals surface area (Å²) in [5.74, 6) is -1.50. The molecule has 8 heteroatoms. The number of ether oxygens (including phenoxy) is 2. The van der Waals surface area contributed by atoms with Gasteiger partial charge in [0.2, 0.25) is 5.91 Å². The van der Waals surface area contributed by atoms with Crippen molar-refractivity contribution in [3.8, 4) is 11.1 Å². The summed E-state index contributed by atoms with van der Waals surface area (Å²) < 4.78 is 10.9. The third-order valence-electron chi connectivity index (χ3n) is 7.58. The number of para-hydroxylation sites is 1. The van der Waals surface area contributed by atoms with Crippen molar-refractivity contribution in [2.45, 2.75) is 38.3 Å². The van der Waals surface area contributed by atoms with E-state index < -0.39 is 30.1 Å². The Balaban J connectivity index is 1.33. The first-order valence-corrected chi connectivity index (χ1v) is 14.4. The molecule has 0 aliphatic heterocycles. The lowest BCUT2D eigenvalue weighted by Gasteiger charge is -2.24. The molecule has 43 heavy (non-hydrogen) atoms. The molecule has 2 amide bonds. The number of pyridine rings is 1. The highest BCUT2D eigenvalue weighted by molar-refractivity contribution is 5.90. The van der Waals surface area contributed by atoms with Gasteiger partial charge in [-0.15, -0.1) is 0 Å². The number of alkyl carbamates (subject to hydrolysis) is 1. The van der Waals surface area contributed by atoms with Crippen LogP contribution in [0, 0.1) is 5.92 Å². The molecule has 0 saturated carbocycles. The summed E-state index contributed by atoms with van der Waals surface area (Å²) in [4.78, 5) is 44.1. The van der Waals surface area contributed by atoms with Crippen LogP contribution in [0.2, 0.25) is 0 Å². The van der Waals surface area contributed by atoms with E-state index in [2.05, 4.69) is 34.3 Å². The van der Waals surface area contributed by atoms with Crippen molar-refractivity contribution in [3.05, 3.63) is 114 Å². The fourth-order valence-corrected chi connectivity index (χ4v) is 5.41. The molecule has 0 radical (unpaired) electrons. The van der Waals surface area contributed by atoms with Gasteiger partial charge in [-0.1, -0.05) is 99.3 Å². The van der Waals surface area contributed by atoms with E-state index in [1.807, 2.05) is 72.8 Å². The van der Waals surface area contributed by atoms with Gasteiger partial charge in [0.05, 0.1) is 5.52 Å². The van der Waals surface area contributed by atoms with E-state index in [-0.39, 0.29) is 31.5 Å². The van der Waals surface area contributed by atoms with Gasteiger partial charge in [-0.2, -0.15) is 0 Å². The molecule has 3 aromatic carbocycles. The molecule has 0 unspecified atom stereocenters. The van der Waals surface area contributed by atoms with Crippen LogP contribution in [-0.2, 0) is 25.5 Å². The van der Waals surface area contributed by atoms with Gasteiger partial charge in [0.25, 0.3) is 0 Å². The van der Waals surface area contributed by atoms with Crippen LogP contribution in [0.4, 0.5) is 4.79 Å². The summed E-state index contributed by atoms with van der Waals surface area (Å²) in [7, 11) is 0. The van der Waals surface area contributed by atoms with E-state index in [1.165, 1.54) is 6.08 Å². The zero-order valence-electron chi connectivity index (χ0n) is 24.3. The van der Waals surface area contributed by atoms with Gasteiger partial charge in [-0.25, -0.2) is 9.59 Å². The Morgan fingerprint density at radius 1 is 0.860 bits per heavy atom. The maximum atomic E-state index is 13.6. The Morgan fingerprint density at radius 2 is 1.51 bits per heavy atom. The van der Waals surface area contributed by atoms with Crippen LogP contribution in [-0.4, -0.2) is 48.3 Å². The number of carbonyl (C=O) groups excluding carboxylic acids is 3. The summed E-state index contributed by atoms with van der Waals surface area (Å²) in [6, 6.07) is 25.6. The van der Waals surface area contributed by atoms with Crippen molar-refractivity contribution in [1.82, 2.24) is 15.6 Å². The van der Waals surface area contributed by atoms with E-state index in [0.29, 0.717) is 5.69 Å². The van der Waals surface area contributed by atoms with Crippen LogP contribution in [0.25, 0.3) is 22.0 Å². The second-order valence-electron chi connectivity index (χ2n) is 10.9. The number of amides is 2. The molecular formula is C35H35N3O5. The zero-order chi connectivity index (χ0) is 30.3. The molecule has 5 rings (SSSR count). The Morgan fingerprint density at radius 3 is 2.19 bits per heavy atom. The summed E-state index contributed by atoms with van der Waals surface area (Å²) in [5, 5.41) is 6.46. The zero-order valence-corrected chi connectivity index (χ0v) is 24.3. The summed E-state index contributed by atoms with van der Waals surface area (Å²) in [6.45, 7) is 7.30. The fourth-order valence-electron chi connectivity index (χ4n) is 5.41. The highest BCUT2D eigenvalue weighted by atomic mass is 16.5. The number of hydrogen-bond donors (Lipinski definition) is 2. The third kappa shape index (κ3) is 6.75. The topological polar surface area (TPSA) is 107 Å². The minimum atomic E-state index is -1.06. The molecule has 0 saturated heterocycles. The number of benzene rings is 3. The summed E-state index contributed by atoms with van der Waals surface area (Å²) in [5.41, 5.74) is 5.79. The largest absolute Gasteiger partial charge is 0.460 e. The first kappa shape index (κ1) is 29.5. The molecule has 8 nitrogen and oxygen atoms in total. The molecule has 1 aromatic heterocycles. The lowest BCUT2D eigenvalue weighted by atomic mass is 9.98. The Bertz CT molecular complexity index is 1600. The molecule has 1 aliphatic rings. The van der Waals surface area contributed by atoms with Crippen molar-refractivity contribution in [3.63, 3.8) is 0 Å². The molecule has 220 valence electrons. The van der Waals surface area contributed by atoms with Crippen molar-refractivity contribution in [2.75, 3.05) is 13.2 Å². The lowest BCUT2D eigenvalue weighted by molar-refractivity contribution is -0.148. The minimum absolute atomic E-state index is 0.0281. The maximum Gasteiger partial charge on any atom is 0.407 e. The molecule has 1 heterocycles. The van der Waals surface area contributed by atoms with E-state index >= 15 is 0 Å². The maximum absolute atomic E-state index is 13.6. The standard InChI is InChI=1S/C35H35N3O5/c1-4-19-42-34(40)32(22(2)3)38-33(39)31(20-24-18-17-23-11-5-10-16-30(23)36-24)37-35(41)43-21-29-27-14-8-6-12-25(27)26-13-7-9-15-28(26)29/h4-18,22,29,31-32H,1,19-21H2,2-3H3,(H,37,41)(H,38,39)/t31-,32-/m0/s1. The monoisotopic (exact) mass is 577 g/mol. The highest BCUT2D eigenvalue weighted by Gasteiger charge is 2.32.